The summed E-state index contributed by atoms with van der Waals surface area (Å²) in [5.41, 5.74) is 5.80. The maximum absolute atomic E-state index is 4.58. The average Bonchev–Trinajstić information content (AvgIpc) is 2.44. The second-order valence-electron chi connectivity index (χ2n) is 5.12. The highest BCUT2D eigenvalue weighted by Crippen LogP contribution is 2.11. The Labute approximate surface area is 123 Å². The van der Waals surface area contributed by atoms with Gasteiger partial charge in [0.1, 0.15) is 0 Å². The largest absolute Gasteiger partial charge is 0.259 e. The molecule has 0 saturated heterocycles. The number of allylic oxidation sites excluding steroid dienone is 5. The molecule has 0 aromatic heterocycles. The number of hydrogen-bond acceptors (Lipinski definition) is 1. The lowest BCUT2D eigenvalue weighted by Crippen LogP contribution is -1.95. The maximum atomic E-state index is 4.58. The van der Waals surface area contributed by atoms with E-state index in [0.29, 0.717) is 0 Å². The fourth-order valence-corrected chi connectivity index (χ4v) is 1.79. The molecule has 0 atom stereocenters. The second-order valence-corrected chi connectivity index (χ2v) is 5.12. The summed E-state index contributed by atoms with van der Waals surface area (Å²) >= 11 is 0. The van der Waals surface area contributed by atoms with Crippen molar-refractivity contribution in [3.05, 3.63) is 71.5 Å². The van der Waals surface area contributed by atoms with Crippen LogP contribution in [0.5, 0.6) is 0 Å². The fourth-order valence-electron chi connectivity index (χ4n) is 1.79. The summed E-state index contributed by atoms with van der Waals surface area (Å²) < 4.78 is 0. The highest BCUT2D eigenvalue weighted by Gasteiger charge is 1.98. The molecule has 20 heavy (non-hydrogen) atoms. The van der Waals surface area contributed by atoms with Crippen LogP contribution in [0.4, 0.5) is 0 Å². The van der Waals surface area contributed by atoms with Crippen LogP contribution in [-0.2, 0) is 6.42 Å². The molecule has 1 rings (SSSR count). The van der Waals surface area contributed by atoms with Gasteiger partial charge in [-0.3, -0.25) is 4.99 Å². The van der Waals surface area contributed by atoms with Crippen molar-refractivity contribution in [2.24, 2.45) is 4.99 Å². The van der Waals surface area contributed by atoms with E-state index >= 15 is 0 Å². The molecule has 0 saturated carbocycles. The first-order valence-electron chi connectivity index (χ1n) is 7.11. The van der Waals surface area contributed by atoms with E-state index in [1.165, 1.54) is 16.7 Å². The van der Waals surface area contributed by atoms with Gasteiger partial charge in [-0.05, 0) is 51.7 Å². The molecule has 0 aliphatic carbocycles. The van der Waals surface area contributed by atoms with E-state index in [4.69, 9.17) is 0 Å². The van der Waals surface area contributed by atoms with Gasteiger partial charge in [0, 0.05) is 11.4 Å². The van der Waals surface area contributed by atoms with E-state index in [1.807, 2.05) is 26.0 Å². The van der Waals surface area contributed by atoms with Crippen LogP contribution in [0.25, 0.3) is 0 Å². The van der Waals surface area contributed by atoms with Gasteiger partial charge in [0.15, 0.2) is 0 Å². The fraction of sp³-hybridized carbons (Fsp3) is 0.316. The van der Waals surface area contributed by atoms with Crippen molar-refractivity contribution in [3.8, 4) is 0 Å². The molecule has 0 bridgehead atoms. The minimum Gasteiger partial charge on any atom is -0.259 e. The molecule has 0 aliphatic rings. The van der Waals surface area contributed by atoms with Gasteiger partial charge in [-0.1, -0.05) is 54.6 Å². The number of benzene rings is 1. The third-order valence-electron chi connectivity index (χ3n) is 3.26. The zero-order valence-electron chi connectivity index (χ0n) is 13.1. The Morgan fingerprint density at radius 2 is 1.85 bits per heavy atom. The first-order chi connectivity index (χ1) is 9.52. The third kappa shape index (κ3) is 5.83. The van der Waals surface area contributed by atoms with Gasteiger partial charge in [-0.2, -0.15) is 0 Å². The van der Waals surface area contributed by atoms with Crippen LogP contribution in [-0.4, -0.2) is 5.71 Å². The monoisotopic (exact) mass is 267 g/mol. The number of nitrogens with zero attached hydrogens (tertiary/aromatic N) is 1. The SMILES string of the molecule is C=C(CCc1ccc(C)cc1)N=C(C)/C(C)=C/C=C\C. The summed E-state index contributed by atoms with van der Waals surface area (Å²) in [7, 11) is 0. The standard InChI is InChI=1S/C19H25N/c1-6-7-8-16(3)18(5)20-17(4)11-14-19-12-9-15(2)10-13-19/h6-10,12-13H,4,11,14H2,1-3,5H3/b7-6-,16-8+,20-18?. The van der Waals surface area contributed by atoms with Crippen LogP contribution in [0.3, 0.4) is 0 Å². The highest BCUT2D eigenvalue weighted by atomic mass is 14.7. The lowest BCUT2D eigenvalue weighted by atomic mass is 10.1. The minimum atomic E-state index is 0.900. The summed E-state index contributed by atoms with van der Waals surface area (Å²) in [6.07, 6.45) is 8.02. The van der Waals surface area contributed by atoms with Gasteiger partial charge >= 0.3 is 0 Å². The van der Waals surface area contributed by atoms with Crippen molar-refractivity contribution >= 4 is 5.71 Å². The quantitative estimate of drug-likeness (QED) is 0.482. The molecule has 1 aromatic rings. The number of aryl methyl sites for hydroxylation is 2. The lowest BCUT2D eigenvalue weighted by Gasteiger charge is -2.04. The Hall–Kier alpha value is -1.89. The van der Waals surface area contributed by atoms with Crippen molar-refractivity contribution in [3.63, 3.8) is 0 Å². The van der Waals surface area contributed by atoms with Crippen molar-refractivity contribution < 1.29 is 0 Å². The van der Waals surface area contributed by atoms with Gasteiger partial charge in [0.2, 0.25) is 0 Å². The Morgan fingerprint density at radius 1 is 1.20 bits per heavy atom. The summed E-state index contributed by atoms with van der Waals surface area (Å²) in [6.45, 7) is 12.3. The highest BCUT2D eigenvalue weighted by molar-refractivity contribution is 5.98. The molecule has 0 fully saturated rings. The van der Waals surface area contributed by atoms with Crippen LogP contribution < -0.4 is 0 Å². The smallest absolute Gasteiger partial charge is 0.0404 e. The summed E-state index contributed by atoms with van der Waals surface area (Å²) in [5, 5.41) is 0. The predicted octanol–water partition coefficient (Wildman–Crippen LogP) is 5.42. The molecule has 0 radical (unpaired) electrons. The van der Waals surface area contributed by atoms with Gasteiger partial charge < -0.3 is 0 Å². The molecule has 0 unspecified atom stereocenters. The van der Waals surface area contributed by atoms with Gasteiger partial charge in [-0.25, -0.2) is 0 Å². The van der Waals surface area contributed by atoms with Crippen LogP contribution in [0.15, 0.2) is 65.3 Å². The summed E-state index contributed by atoms with van der Waals surface area (Å²) in [4.78, 5) is 4.58. The van der Waals surface area contributed by atoms with E-state index in [0.717, 1.165) is 24.3 Å². The van der Waals surface area contributed by atoms with E-state index in [-0.39, 0.29) is 0 Å². The topological polar surface area (TPSA) is 12.4 Å². The van der Waals surface area contributed by atoms with E-state index < -0.39 is 0 Å². The van der Waals surface area contributed by atoms with Gasteiger partial charge in [0.25, 0.3) is 0 Å². The molecule has 0 aliphatic heterocycles. The maximum Gasteiger partial charge on any atom is 0.0404 e. The Morgan fingerprint density at radius 3 is 2.45 bits per heavy atom. The van der Waals surface area contributed by atoms with Crippen molar-refractivity contribution in [1.82, 2.24) is 0 Å². The second kappa shape index (κ2) is 8.31. The molecule has 1 aromatic carbocycles. The zero-order chi connectivity index (χ0) is 15.0. The zero-order valence-corrected chi connectivity index (χ0v) is 13.1. The van der Waals surface area contributed by atoms with Crippen molar-refractivity contribution in [1.29, 1.82) is 0 Å². The molecule has 0 heterocycles. The number of hydrogen-bond donors (Lipinski definition) is 0. The lowest BCUT2D eigenvalue weighted by molar-refractivity contribution is 0.930. The van der Waals surface area contributed by atoms with Crippen LogP contribution in [0.2, 0.25) is 0 Å². The van der Waals surface area contributed by atoms with Crippen LogP contribution in [0.1, 0.15) is 38.3 Å². The number of aliphatic imine (C=N–C) groups is 1. The molecule has 1 heteroatoms. The molecule has 0 amide bonds. The van der Waals surface area contributed by atoms with E-state index in [1.54, 1.807) is 0 Å². The molecule has 1 nitrogen and oxygen atoms in total. The van der Waals surface area contributed by atoms with Crippen molar-refractivity contribution in [2.75, 3.05) is 0 Å². The van der Waals surface area contributed by atoms with Gasteiger partial charge in [0.05, 0.1) is 0 Å². The van der Waals surface area contributed by atoms with Crippen LogP contribution in [0, 0.1) is 6.92 Å². The molecular weight excluding hydrogens is 242 g/mol. The third-order valence-corrected chi connectivity index (χ3v) is 3.26. The normalized spacial score (nSPS) is 13.0. The molecular formula is C19H25N. The van der Waals surface area contributed by atoms with E-state index in [9.17, 15) is 0 Å². The summed E-state index contributed by atoms with van der Waals surface area (Å²) in [5.74, 6) is 0. The number of rotatable bonds is 6. The molecule has 0 N–H and O–H groups in total. The Balaban J connectivity index is 2.56. The predicted molar refractivity (Wildman–Crippen MR) is 90.3 cm³/mol. The molecule has 0 spiro atoms. The first kappa shape index (κ1) is 16.2. The summed E-state index contributed by atoms with van der Waals surface area (Å²) in [6, 6.07) is 8.65. The van der Waals surface area contributed by atoms with Crippen molar-refractivity contribution in [2.45, 2.75) is 40.5 Å². The Kier molecular flexibility index (Phi) is 6.72. The van der Waals surface area contributed by atoms with Crippen LogP contribution >= 0.6 is 0 Å². The van der Waals surface area contributed by atoms with Gasteiger partial charge in [-0.15, -0.1) is 0 Å². The first-order valence-corrected chi connectivity index (χ1v) is 7.11. The average molecular weight is 267 g/mol. The molecule has 106 valence electrons. The minimum absolute atomic E-state index is 0.900. The van der Waals surface area contributed by atoms with E-state index in [2.05, 4.69) is 55.8 Å². The Bertz CT molecular complexity index is 527.